The topological polar surface area (TPSA) is 66.8 Å². The average Bonchev–Trinajstić information content (AvgIpc) is 2.60. The van der Waals surface area contributed by atoms with Gasteiger partial charge in [-0.15, -0.1) is 0 Å². The van der Waals surface area contributed by atoms with Gasteiger partial charge in [0.25, 0.3) is 0 Å². The molecule has 0 aromatic heterocycles. The van der Waals surface area contributed by atoms with Gasteiger partial charge in [0, 0.05) is 6.61 Å². The summed E-state index contributed by atoms with van der Waals surface area (Å²) < 4.78 is 6.09. The molecule has 26 heavy (non-hydrogen) atoms. The van der Waals surface area contributed by atoms with Gasteiger partial charge < -0.3 is 14.9 Å². The summed E-state index contributed by atoms with van der Waals surface area (Å²) in [6.07, 6.45) is 13.2. The number of benzene rings is 1. The number of phenols is 1. The van der Waals surface area contributed by atoms with Crippen LogP contribution in [0.2, 0.25) is 0 Å². The molecule has 0 saturated carbocycles. The van der Waals surface area contributed by atoms with Crippen molar-refractivity contribution in [3.63, 3.8) is 0 Å². The van der Waals surface area contributed by atoms with Crippen LogP contribution in [-0.4, -0.2) is 28.2 Å². The third kappa shape index (κ3) is 6.64. The number of carbonyl (C=O) groups excluding carboxylic acids is 1. The highest BCUT2D eigenvalue weighted by Crippen LogP contribution is 2.37. The van der Waals surface area contributed by atoms with Crippen molar-refractivity contribution in [2.75, 3.05) is 6.61 Å². The number of aliphatic hydroxyl groups is 1. The van der Waals surface area contributed by atoms with E-state index in [1.807, 2.05) is 6.92 Å². The van der Waals surface area contributed by atoms with Crippen LogP contribution in [0.3, 0.4) is 0 Å². The van der Waals surface area contributed by atoms with E-state index in [0.29, 0.717) is 24.3 Å². The summed E-state index contributed by atoms with van der Waals surface area (Å²) in [5.41, 5.74) is 0.0785. The third-order valence-electron chi connectivity index (χ3n) is 5.27. The SMILES string of the molecule is C[C@]1(CCCCCCCCCCCCO)CC(=O)c2cc(O)ccc2O1. The molecule has 4 nitrogen and oxygen atoms in total. The molecular formula is C22H34O4. The molecule has 1 aliphatic rings. The zero-order valence-electron chi connectivity index (χ0n) is 16.1. The zero-order valence-corrected chi connectivity index (χ0v) is 16.1. The first-order valence-electron chi connectivity index (χ1n) is 10.2. The minimum absolute atomic E-state index is 0.0610. The van der Waals surface area contributed by atoms with Gasteiger partial charge in [0.2, 0.25) is 0 Å². The van der Waals surface area contributed by atoms with Crippen LogP contribution >= 0.6 is 0 Å². The lowest BCUT2D eigenvalue weighted by Crippen LogP contribution is -2.39. The number of unbranched alkanes of at least 4 members (excludes halogenated alkanes) is 9. The van der Waals surface area contributed by atoms with Crippen LogP contribution in [0.5, 0.6) is 11.5 Å². The van der Waals surface area contributed by atoms with Crippen LogP contribution < -0.4 is 4.74 Å². The van der Waals surface area contributed by atoms with E-state index in [1.54, 1.807) is 12.1 Å². The van der Waals surface area contributed by atoms with E-state index >= 15 is 0 Å². The Labute approximate surface area is 157 Å². The number of ether oxygens (including phenoxy) is 1. The van der Waals surface area contributed by atoms with Crippen LogP contribution in [0.4, 0.5) is 0 Å². The summed E-state index contributed by atoms with van der Waals surface area (Å²) in [6, 6.07) is 4.77. The molecule has 1 aliphatic heterocycles. The second kappa shape index (κ2) is 10.6. The quantitative estimate of drug-likeness (QED) is 0.489. The molecule has 0 saturated heterocycles. The number of aliphatic hydroxyl groups excluding tert-OH is 1. The van der Waals surface area contributed by atoms with Gasteiger partial charge >= 0.3 is 0 Å². The van der Waals surface area contributed by atoms with Crippen LogP contribution in [0.15, 0.2) is 18.2 Å². The van der Waals surface area contributed by atoms with E-state index < -0.39 is 5.60 Å². The fourth-order valence-electron chi connectivity index (χ4n) is 3.73. The van der Waals surface area contributed by atoms with E-state index in [4.69, 9.17) is 9.84 Å². The van der Waals surface area contributed by atoms with Crippen molar-refractivity contribution >= 4 is 5.78 Å². The number of carbonyl (C=O) groups is 1. The summed E-state index contributed by atoms with van der Waals surface area (Å²) in [5.74, 6) is 0.770. The molecule has 4 heteroatoms. The first kappa shape index (κ1) is 20.8. The largest absolute Gasteiger partial charge is 0.508 e. The minimum atomic E-state index is -0.423. The summed E-state index contributed by atoms with van der Waals surface area (Å²) >= 11 is 0. The summed E-state index contributed by atoms with van der Waals surface area (Å²) in [4.78, 5) is 12.3. The van der Waals surface area contributed by atoms with Crippen molar-refractivity contribution < 1.29 is 19.7 Å². The maximum absolute atomic E-state index is 12.3. The van der Waals surface area contributed by atoms with Crippen LogP contribution in [0.1, 0.15) is 94.3 Å². The number of Topliss-reactive ketones (excluding diaryl/α,β-unsaturated/α-hetero) is 1. The lowest BCUT2D eigenvalue weighted by molar-refractivity contribution is 0.0452. The Balaban J connectivity index is 1.60. The lowest BCUT2D eigenvalue weighted by atomic mass is 9.87. The van der Waals surface area contributed by atoms with E-state index in [2.05, 4.69) is 0 Å². The second-order valence-corrected chi connectivity index (χ2v) is 7.84. The number of hydrogen-bond donors (Lipinski definition) is 2. The Bertz CT molecular complexity index is 569. The van der Waals surface area contributed by atoms with E-state index in [-0.39, 0.29) is 11.5 Å². The Morgan fingerprint density at radius 3 is 2.15 bits per heavy atom. The Kier molecular flexibility index (Phi) is 8.43. The highest BCUT2D eigenvalue weighted by atomic mass is 16.5. The molecule has 0 radical (unpaired) electrons. The molecule has 1 heterocycles. The lowest BCUT2D eigenvalue weighted by Gasteiger charge is -2.35. The molecule has 0 aliphatic carbocycles. The molecule has 1 aromatic carbocycles. The predicted molar refractivity (Wildman–Crippen MR) is 104 cm³/mol. The number of hydrogen-bond acceptors (Lipinski definition) is 4. The Morgan fingerprint density at radius 1 is 0.962 bits per heavy atom. The predicted octanol–water partition coefficient (Wildman–Crippen LogP) is 5.40. The molecule has 0 spiro atoms. The fraction of sp³-hybridized carbons (Fsp3) is 0.682. The normalized spacial score (nSPS) is 19.2. The number of ketones is 1. The molecule has 0 fully saturated rings. The standard InChI is InChI=1S/C22H34O4/c1-22(14-10-8-6-4-2-3-5-7-9-11-15-23)17-20(25)19-16-18(24)12-13-21(19)26-22/h12-13,16,23-24H,2-11,14-15,17H2,1H3/t22-/m0/s1. The molecule has 2 N–H and O–H groups in total. The maximum atomic E-state index is 12.3. The van der Waals surface area contributed by atoms with Crippen molar-refractivity contribution in [3.05, 3.63) is 23.8 Å². The van der Waals surface area contributed by atoms with Crippen LogP contribution in [-0.2, 0) is 0 Å². The van der Waals surface area contributed by atoms with Crippen molar-refractivity contribution in [3.8, 4) is 11.5 Å². The van der Waals surface area contributed by atoms with Crippen molar-refractivity contribution in [1.29, 1.82) is 0 Å². The van der Waals surface area contributed by atoms with Crippen molar-refractivity contribution in [1.82, 2.24) is 0 Å². The smallest absolute Gasteiger partial charge is 0.170 e. The van der Waals surface area contributed by atoms with Gasteiger partial charge in [-0.3, -0.25) is 4.79 Å². The summed E-state index contributed by atoms with van der Waals surface area (Å²) in [6.45, 7) is 2.34. The van der Waals surface area contributed by atoms with Gasteiger partial charge in [0.15, 0.2) is 5.78 Å². The summed E-state index contributed by atoms with van der Waals surface area (Å²) in [7, 11) is 0. The fourth-order valence-corrected chi connectivity index (χ4v) is 3.73. The first-order valence-corrected chi connectivity index (χ1v) is 10.2. The number of aromatic hydroxyl groups is 1. The third-order valence-corrected chi connectivity index (χ3v) is 5.27. The highest BCUT2D eigenvalue weighted by Gasteiger charge is 2.36. The maximum Gasteiger partial charge on any atom is 0.170 e. The van der Waals surface area contributed by atoms with Crippen LogP contribution in [0, 0.1) is 0 Å². The Hall–Kier alpha value is -1.55. The molecule has 0 amide bonds. The number of rotatable bonds is 12. The number of phenolic OH excluding ortho intramolecular Hbond substituents is 1. The molecule has 0 unspecified atom stereocenters. The number of fused-ring (bicyclic) bond motifs is 1. The van der Waals surface area contributed by atoms with Gasteiger partial charge in [-0.25, -0.2) is 0 Å². The van der Waals surface area contributed by atoms with Gasteiger partial charge in [0.1, 0.15) is 17.1 Å². The average molecular weight is 363 g/mol. The first-order chi connectivity index (χ1) is 12.5. The van der Waals surface area contributed by atoms with Gasteiger partial charge in [-0.2, -0.15) is 0 Å². The monoisotopic (exact) mass is 362 g/mol. The van der Waals surface area contributed by atoms with Crippen molar-refractivity contribution in [2.45, 2.75) is 89.6 Å². The van der Waals surface area contributed by atoms with E-state index in [9.17, 15) is 9.90 Å². The molecular weight excluding hydrogens is 328 g/mol. The Morgan fingerprint density at radius 2 is 1.54 bits per heavy atom. The van der Waals surface area contributed by atoms with Gasteiger partial charge in [-0.1, -0.05) is 51.4 Å². The molecule has 2 rings (SSSR count). The van der Waals surface area contributed by atoms with Gasteiger partial charge in [0.05, 0.1) is 12.0 Å². The van der Waals surface area contributed by atoms with Crippen molar-refractivity contribution in [2.24, 2.45) is 0 Å². The van der Waals surface area contributed by atoms with Gasteiger partial charge in [-0.05, 0) is 44.4 Å². The minimum Gasteiger partial charge on any atom is -0.508 e. The van der Waals surface area contributed by atoms with Crippen LogP contribution in [0.25, 0.3) is 0 Å². The summed E-state index contributed by atoms with van der Waals surface area (Å²) in [5, 5.41) is 18.3. The zero-order chi connectivity index (χ0) is 18.8. The van der Waals surface area contributed by atoms with E-state index in [0.717, 1.165) is 25.7 Å². The second-order valence-electron chi connectivity index (χ2n) is 7.84. The molecule has 146 valence electrons. The molecule has 1 aromatic rings. The highest BCUT2D eigenvalue weighted by molar-refractivity contribution is 6.00. The van der Waals surface area contributed by atoms with E-state index in [1.165, 1.54) is 51.0 Å². The molecule has 1 atom stereocenters. The molecule has 0 bridgehead atoms.